The molecule has 3 aromatic carbocycles. The lowest BCUT2D eigenvalue weighted by Crippen LogP contribution is -2.24. The smallest absolute Gasteiger partial charge is 0.141 e. The van der Waals surface area contributed by atoms with Crippen LogP contribution in [-0.2, 0) is 5.60 Å². The largest absolute Gasteiger partial charge is 0.376 e. The van der Waals surface area contributed by atoms with Crippen molar-refractivity contribution in [3.05, 3.63) is 108 Å². The second kappa shape index (κ2) is 6.81. The molecule has 1 heterocycles. The summed E-state index contributed by atoms with van der Waals surface area (Å²) in [6.07, 6.45) is 3.32. The normalized spacial score (nSPS) is 11.1. The van der Waals surface area contributed by atoms with Gasteiger partial charge in [0.05, 0.1) is 11.7 Å². The summed E-state index contributed by atoms with van der Waals surface area (Å²) in [6.45, 7) is 0. The molecule has 0 radical (unpaired) electrons. The molecule has 26 heavy (non-hydrogen) atoms. The van der Waals surface area contributed by atoms with E-state index in [-0.39, 0.29) is 0 Å². The van der Waals surface area contributed by atoms with Gasteiger partial charge < -0.3 is 5.11 Å². The number of rotatable bonds is 4. The van der Waals surface area contributed by atoms with Crippen LogP contribution in [0.1, 0.15) is 11.1 Å². The molecule has 0 unspecified atom stereocenters. The Kier molecular flexibility index (Phi) is 4.20. The molecule has 0 spiro atoms. The van der Waals surface area contributed by atoms with E-state index in [1.807, 2.05) is 84.9 Å². The molecule has 4 heteroatoms. The lowest BCUT2D eigenvalue weighted by Gasteiger charge is -2.25. The van der Waals surface area contributed by atoms with Crippen molar-refractivity contribution in [1.82, 2.24) is 15.0 Å². The number of hydrogen-bond acceptors (Lipinski definition) is 3. The number of aliphatic hydroxyl groups is 1. The van der Waals surface area contributed by atoms with E-state index in [1.54, 1.807) is 17.0 Å². The van der Waals surface area contributed by atoms with Crippen LogP contribution in [-0.4, -0.2) is 20.1 Å². The first-order valence-corrected chi connectivity index (χ1v) is 8.34. The van der Waals surface area contributed by atoms with E-state index in [2.05, 4.69) is 16.0 Å². The van der Waals surface area contributed by atoms with Gasteiger partial charge in [0, 0.05) is 0 Å². The quantitative estimate of drug-likeness (QED) is 0.572. The zero-order valence-corrected chi connectivity index (χ0v) is 14.0. The molecule has 0 aliphatic rings. The number of hydrogen-bond donors (Lipinski definition) is 1. The lowest BCUT2D eigenvalue weighted by molar-refractivity contribution is 0.135. The third kappa shape index (κ3) is 2.95. The molecule has 0 amide bonds. The zero-order chi connectivity index (χ0) is 17.8. The van der Waals surface area contributed by atoms with Crippen molar-refractivity contribution in [1.29, 1.82) is 0 Å². The fourth-order valence-corrected chi connectivity index (χ4v) is 2.93. The van der Waals surface area contributed by atoms with E-state index in [4.69, 9.17) is 0 Å². The third-order valence-corrected chi connectivity index (χ3v) is 4.29. The van der Waals surface area contributed by atoms with Crippen molar-refractivity contribution in [3.63, 3.8) is 0 Å². The van der Waals surface area contributed by atoms with E-state index < -0.39 is 5.60 Å². The van der Waals surface area contributed by atoms with Crippen LogP contribution in [0.5, 0.6) is 0 Å². The molecule has 1 aromatic heterocycles. The summed E-state index contributed by atoms with van der Waals surface area (Å²) in [7, 11) is 0. The Morgan fingerprint density at radius 1 is 0.808 bits per heavy atom. The highest BCUT2D eigenvalue weighted by atomic mass is 16.3. The van der Waals surface area contributed by atoms with Crippen LogP contribution < -0.4 is 0 Å². The highest BCUT2D eigenvalue weighted by Crippen LogP contribution is 2.30. The van der Waals surface area contributed by atoms with Gasteiger partial charge in [-0.15, -0.1) is 10.8 Å². The van der Waals surface area contributed by atoms with Crippen molar-refractivity contribution >= 4 is 17.2 Å². The standard InChI is InChI=1S/C22H17N3O/c26-22(18-10-3-1-4-11-18,19-12-5-2-6-13-19)16-9-17-25-21-15-8-7-14-20(21)23-24-25/h1-8,10-17,26H. The Balaban J connectivity index is 1.79. The van der Waals surface area contributed by atoms with Gasteiger partial charge in [0.2, 0.25) is 0 Å². The van der Waals surface area contributed by atoms with Crippen molar-refractivity contribution in [3.8, 4) is 0 Å². The molecular formula is C22H17N3O. The van der Waals surface area contributed by atoms with Gasteiger partial charge in [-0.25, -0.2) is 4.68 Å². The highest BCUT2D eigenvalue weighted by Gasteiger charge is 2.28. The summed E-state index contributed by atoms with van der Waals surface area (Å²) in [5, 5.41) is 19.6. The second-order valence-corrected chi connectivity index (χ2v) is 5.96. The van der Waals surface area contributed by atoms with E-state index in [0.717, 1.165) is 22.2 Å². The zero-order valence-electron chi connectivity index (χ0n) is 14.0. The SMILES string of the molecule is OC(C=C=Cn1nnc2ccccc21)(c1ccccc1)c1ccccc1. The average molecular weight is 339 g/mol. The lowest BCUT2D eigenvalue weighted by atomic mass is 9.86. The van der Waals surface area contributed by atoms with E-state index in [0.29, 0.717) is 0 Å². The predicted molar refractivity (Wildman–Crippen MR) is 102 cm³/mol. The Labute approximate surface area is 151 Å². The van der Waals surface area contributed by atoms with Crippen LogP contribution in [0.25, 0.3) is 17.2 Å². The molecule has 0 aliphatic carbocycles. The van der Waals surface area contributed by atoms with Gasteiger partial charge in [0.15, 0.2) is 0 Å². The summed E-state index contributed by atoms with van der Waals surface area (Å²) in [5.41, 5.74) is 5.04. The van der Waals surface area contributed by atoms with Crippen LogP contribution in [0.2, 0.25) is 0 Å². The summed E-state index contributed by atoms with van der Waals surface area (Å²) in [5.74, 6) is 0. The number of aromatic nitrogens is 3. The first kappa shape index (κ1) is 16.0. The first-order chi connectivity index (χ1) is 12.8. The van der Waals surface area contributed by atoms with Crippen molar-refractivity contribution in [2.45, 2.75) is 5.60 Å². The molecule has 0 fully saturated rings. The van der Waals surface area contributed by atoms with Crippen LogP contribution in [0, 0.1) is 0 Å². The fourth-order valence-electron chi connectivity index (χ4n) is 2.93. The van der Waals surface area contributed by atoms with Crippen molar-refractivity contribution < 1.29 is 5.11 Å². The summed E-state index contributed by atoms with van der Waals surface area (Å²) in [6, 6.07) is 26.8. The number of fused-ring (bicyclic) bond motifs is 1. The Morgan fingerprint density at radius 2 is 1.38 bits per heavy atom. The summed E-state index contributed by atoms with van der Waals surface area (Å²) in [4.78, 5) is 0. The fraction of sp³-hybridized carbons (Fsp3) is 0.0455. The van der Waals surface area contributed by atoms with Gasteiger partial charge in [0.1, 0.15) is 11.1 Å². The van der Waals surface area contributed by atoms with Gasteiger partial charge in [0.25, 0.3) is 0 Å². The third-order valence-electron chi connectivity index (χ3n) is 4.29. The minimum Gasteiger partial charge on any atom is -0.376 e. The van der Waals surface area contributed by atoms with Gasteiger partial charge in [-0.2, -0.15) is 0 Å². The Hall–Kier alpha value is -3.46. The number of benzene rings is 3. The summed E-state index contributed by atoms with van der Waals surface area (Å²) < 4.78 is 1.64. The maximum absolute atomic E-state index is 11.4. The predicted octanol–water partition coefficient (Wildman–Crippen LogP) is 3.99. The minimum atomic E-state index is -1.28. The number of nitrogens with zero attached hydrogens (tertiary/aromatic N) is 3. The second-order valence-electron chi connectivity index (χ2n) is 5.96. The van der Waals surface area contributed by atoms with E-state index >= 15 is 0 Å². The molecule has 0 saturated heterocycles. The van der Waals surface area contributed by atoms with E-state index in [1.165, 1.54) is 0 Å². The molecule has 4 nitrogen and oxygen atoms in total. The molecule has 1 N–H and O–H groups in total. The molecule has 4 aromatic rings. The van der Waals surface area contributed by atoms with Gasteiger partial charge in [-0.1, -0.05) is 78.0 Å². The Bertz CT molecular complexity index is 1040. The van der Waals surface area contributed by atoms with Crippen molar-refractivity contribution in [2.24, 2.45) is 0 Å². The minimum absolute atomic E-state index is 0.774. The van der Waals surface area contributed by atoms with Crippen molar-refractivity contribution in [2.75, 3.05) is 0 Å². The molecule has 0 atom stereocenters. The topological polar surface area (TPSA) is 50.9 Å². The van der Waals surface area contributed by atoms with Crippen LogP contribution in [0.4, 0.5) is 0 Å². The molecule has 126 valence electrons. The van der Waals surface area contributed by atoms with Gasteiger partial charge in [-0.05, 0) is 29.3 Å². The first-order valence-electron chi connectivity index (χ1n) is 8.34. The number of para-hydroxylation sites is 1. The molecule has 4 rings (SSSR count). The molecule has 0 saturated carbocycles. The molecule has 0 bridgehead atoms. The highest BCUT2D eigenvalue weighted by molar-refractivity contribution is 5.75. The summed E-state index contributed by atoms with van der Waals surface area (Å²) >= 11 is 0. The average Bonchev–Trinajstić information content (AvgIpc) is 3.12. The van der Waals surface area contributed by atoms with Gasteiger partial charge >= 0.3 is 0 Å². The van der Waals surface area contributed by atoms with Gasteiger partial charge in [-0.3, -0.25) is 0 Å². The van der Waals surface area contributed by atoms with Crippen LogP contribution >= 0.6 is 0 Å². The molecular weight excluding hydrogens is 322 g/mol. The Morgan fingerprint density at radius 3 is 2.04 bits per heavy atom. The van der Waals surface area contributed by atoms with Crippen LogP contribution in [0.3, 0.4) is 0 Å². The molecule has 0 aliphatic heterocycles. The maximum atomic E-state index is 11.4. The van der Waals surface area contributed by atoms with Crippen LogP contribution in [0.15, 0.2) is 96.7 Å². The maximum Gasteiger partial charge on any atom is 0.141 e. The monoisotopic (exact) mass is 339 g/mol. The van der Waals surface area contributed by atoms with E-state index in [9.17, 15) is 5.11 Å².